The molecule has 0 atom stereocenters. The first-order valence-corrected chi connectivity index (χ1v) is 9.82. The molecule has 0 unspecified atom stereocenters. The number of carbonyl (C=O) groups excluding carboxylic acids is 1. The quantitative estimate of drug-likeness (QED) is 0.361. The van der Waals surface area contributed by atoms with E-state index in [0.717, 1.165) is 22.4 Å². The summed E-state index contributed by atoms with van der Waals surface area (Å²) >= 11 is 2.30. The fourth-order valence-electron chi connectivity index (χ4n) is 2.60. The first-order valence-electron chi connectivity index (χ1n) is 8.74. The van der Waals surface area contributed by atoms with Crippen LogP contribution in [0.1, 0.15) is 34.7 Å². The van der Waals surface area contributed by atoms with E-state index in [1.54, 1.807) is 7.05 Å². The Balaban J connectivity index is 2.27. The minimum absolute atomic E-state index is 0.195. The van der Waals surface area contributed by atoms with Crippen LogP contribution in [-0.2, 0) is 21.1 Å². The van der Waals surface area contributed by atoms with Crippen molar-refractivity contribution in [3.63, 3.8) is 0 Å². The van der Waals surface area contributed by atoms with Crippen LogP contribution in [-0.4, -0.2) is 31.5 Å². The van der Waals surface area contributed by atoms with E-state index in [-0.39, 0.29) is 18.2 Å². The second-order valence-electron chi connectivity index (χ2n) is 6.22. The topological polar surface area (TPSA) is 72.3 Å². The highest BCUT2D eigenvalue weighted by molar-refractivity contribution is 14.1. The Bertz CT molecular complexity index is 923. The molecule has 0 saturated heterocycles. The third-order valence-corrected chi connectivity index (χ3v) is 5.45. The summed E-state index contributed by atoms with van der Waals surface area (Å²) in [6.07, 6.45) is 0. The van der Waals surface area contributed by atoms with Gasteiger partial charge in [0.15, 0.2) is 5.71 Å². The van der Waals surface area contributed by atoms with Gasteiger partial charge in [0.2, 0.25) is 0 Å². The maximum atomic E-state index is 12.2. The number of nitrogens with zero attached hydrogens (tertiary/aromatic N) is 2. The fraction of sp³-hybridized carbons (Fsp3) is 0.286. The molecule has 28 heavy (non-hydrogen) atoms. The monoisotopic (exact) mass is 493 g/mol. The van der Waals surface area contributed by atoms with E-state index >= 15 is 0 Å². The van der Waals surface area contributed by atoms with Crippen molar-refractivity contribution in [2.24, 2.45) is 10.3 Å². The zero-order chi connectivity index (χ0) is 20.7. The van der Waals surface area contributed by atoms with Crippen LogP contribution in [0.2, 0.25) is 0 Å². The Hall–Kier alpha value is -2.42. The van der Waals surface area contributed by atoms with Crippen molar-refractivity contribution < 1.29 is 14.5 Å². The van der Waals surface area contributed by atoms with Gasteiger partial charge < -0.3 is 15.0 Å². The van der Waals surface area contributed by atoms with Crippen molar-refractivity contribution in [3.8, 4) is 0 Å². The van der Waals surface area contributed by atoms with E-state index in [9.17, 15) is 4.79 Å². The van der Waals surface area contributed by atoms with E-state index in [1.165, 1.54) is 16.2 Å². The lowest BCUT2D eigenvalue weighted by atomic mass is 9.98. The highest BCUT2D eigenvalue weighted by Crippen LogP contribution is 2.18. The first-order chi connectivity index (χ1) is 13.4. The van der Waals surface area contributed by atoms with Crippen molar-refractivity contribution in [1.29, 1.82) is 0 Å². The van der Waals surface area contributed by atoms with Crippen molar-refractivity contribution in [3.05, 3.63) is 67.8 Å². The zero-order valence-electron chi connectivity index (χ0n) is 16.7. The Morgan fingerprint density at radius 3 is 2.54 bits per heavy atom. The predicted octanol–water partition coefficient (Wildman–Crippen LogP) is 3.95. The maximum absolute atomic E-state index is 12.2. The van der Waals surface area contributed by atoms with Crippen LogP contribution < -0.4 is 5.32 Å². The number of hydrogen-bond acceptors (Lipinski definition) is 5. The van der Waals surface area contributed by atoms with Crippen LogP contribution in [0.3, 0.4) is 0 Å². The zero-order valence-corrected chi connectivity index (χ0v) is 18.8. The molecule has 0 fully saturated rings. The molecular formula is C21H24IN3O3. The number of carbonyl (C=O) groups is 1. The van der Waals surface area contributed by atoms with Gasteiger partial charge in [0.25, 0.3) is 5.91 Å². The predicted molar refractivity (Wildman–Crippen MR) is 120 cm³/mol. The van der Waals surface area contributed by atoms with Crippen LogP contribution in [0, 0.1) is 17.4 Å². The summed E-state index contributed by atoms with van der Waals surface area (Å²) in [7, 11) is 2.96. The van der Waals surface area contributed by atoms with Gasteiger partial charge in [-0.05, 0) is 60.6 Å². The maximum Gasteiger partial charge on any atom is 0.273 e. The van der Waals surface area contributed by atoms with Gasteiger partial charge in [-0.25, -0.2) is 0 Å². The van der Waals surface area contributed by atoms with Crippen LogP contribution >= 0.6 is 22.6 Å². The number of nitrogens with one attached hydrogen (secondary N) is 1. The van der Waals surface area contributed by atoms with Gasteiger partial charge in [-0.15, -0.1) is 0 Å². The molecule has 0 aliphatic heterocycles. The number of likely N-dealkylation sites (N-methyl/N-ethyl adjacent to an activating group) is 1. The standard InChI is InChI=1S/C21H24IN3O3/c1-13-7-6-8-17(20(25-27-5)21(26)23-4)18(13)12-28-24-15(3)16-10-9-14(2)19(22)11-16/h6-11H,12H2,1-5H3,(H,23,26)/b24-15+,25-20+. The van der Waals surface area contributed by atoms with Crippen LogP contribution in [0.4, 0.5) is 0 Å². The number of rotatable bonds is 7. The van der Waals surface area contributed by atoms with Gasteiger partial charge in [0.05, 0.1) is 5.71 Å². The van der Waals surface area contributed by atoms with Gasteiger partial charge in [-0.2, -0.15) is 0 Å². The number of amides is 1. The van der Waals surface area contributed by atoms with Gasteiger partial charge in [-0.1, -0.05) is 40.6 Å². The van der Waals surface area contributed by atoms with Crippen LogP contribution in [0.5, 0.6) is 0 Å². The summed E-state index contributed by atoms with van der Waals surface area (Å²) in [6.45, 7) is 6.14. The molecule has 0 spiro atoms. The number of benzene rings is 2. The molecule has 6 nitrogen and oxygen atoms in total. The van der Waals surface area contributed by atoms with Crippen molar-refractivity contribution in [1.82, 2.24) is 5.32 Å². The number of oxime groups is 2. The highest BCUT2D eigenvalue weighted by Gasteiger charge is 2.19. The molecule has 2 aromatic rings. The second-order valence-corrected chi connectivity index (χ2v) is 7.38. The Kier molecular flexibility index (Phi) is 7.98. The van der Waals surface area contributed by atoms with Gasteiger partial charge in [0, 0.05) is 27.3 Å². The summed E-state index contributed by atoms with van der Waals surface area (Å²) in [5.41, 5.74) is 5.67. The van der Waals surface area contributed by atoms with Crippen LogP contribution in [0.25, 0.3) is 0 Å². The molecule has 2 rings (SSSR count). The molecule has 2 aromatic carbocycles. The molecule has 1 N–H and O–H groups in total. The summed E-state index contributed by atoms with van der Waals surface area (Å²) in [4.78, 5) is 22.7. The fourth-order valence-corrected chi connectivity index (χ4v) is 3.12. The third kappa shape index (κ3) is 5.31. The lowest BCUT2D eigenvalue weighted by Gasteiger charge is -2.13. The molecule has 148 valence electrons. The Labute approximate surface area is 179 Å². The lowest BCUT2D eigenvalue weighted by Crippen LogP contribution is -2.29. The summed E-state index contributed by atoms with van der Waals surface area (Å²) < 4.78 is 1.18. The van der Waals surface area contributed by atoms with E-state index < -0.39 is 0 Å². The molecule has 7 heteroatoms. The molecule has 0 saturated carbocycles. The summed E-state index contributed by atoms with van der Waals surface area (Å²) in [6, 6.07) is 11.8. The summed E-state index contributed by atoms with van der Waals surface area (Å²) in [5.74, 6) is -0.331. The largest absolute Gasteiger partial charge is 0.398 e. The number of aryl methyl sites for hydroxylation is 2. The Morgan fingerprint density at radius 2 is 1.89 bits per heavy atom. The minimum atomic E-state index is -0.331. The SMILES string of the molecule is CNC(=O)/C(=N/OC)c1cccc(C)c1CO/N=C(\C)c1ccc(C)c(I)c1. The third-order valence-electron chi connectivity index (χ3n) is 4.29. The first kappa shape index (κ1) is 21.9. The Morgan fingerprint density at radius 1 is 1.14 bits per heavy atom. The minimum Gasteiger partial charge on any atom is -0.398 e. The normalized spacial score (nSPS) is 11.9. The van der Waals surface area contributed by atoms with Gasteiger partial charge in [-0.3, -0.25) is 4.79 Å². The van der Waals surface area contributed by atoms with E-state index in [0.29, 0.717) is 5.56 Å². The van der Waals surface area contributed by atoms with Crippen molar-refractivity contribution in [2.75, 3.05) is 14.2 Å². The van der Waals surface area contributed by atoms with Gasteiger partial charge in [0.1, 0.15) is 13.7 Å². The molecule has 0 aliphatic carbocycles. The molecule has 0 aromatic heterocycles. The average Bonchev–Trinajstić information content (AvgIpc) is 2.68. The van der Waals surface area contributed by atoms with Crippen molar-refractivity contribution >= 4 is 39.9 Å². The van der Waals surface area contributed by atoms with E-state index in [1.807, 2.05) is 38.1 Å². The second kappa shape index (κ2) is 10.2. The molecule has 1 amide bonds. The number of halogens is 1. The van der Waals surface area contributed by atoms with E-state index in [2.05, 4.69) is 57.3 Å². The molecule has 0 aliphatic rings. The average molecular weight is 493 g/mol. The molecule has 0 radical (unpaired) electrons. The molecule has 0 heterocycles. The lowest BCUT2D eigenvalue weighted by molar-refractivity contribution is -0.114. The van der Waals surface area contributed by atoms with Crippen LogP contribution in [0.15, 0.2) is 46.7 Å². The van der Waals surface area contributed by atoms with Crippen molar-refractivity contribution in [2.45, 2.75) is 27.4 Å². The molecule has 0 bridgehead atoms. The smallest absolute Gasteiger partial charge is 0.273 e. The summed E-state index contributed by atoms with van der Waals surface area (Å²) in [5, 5.41) is 10.7. The number of hydrogen-bond donors (Lipinski definition) is 1. The van der Waals surface area contributed by atoms with E-state index in [4.69, 9.17) is 9.68 Å². The molecular weight excluding hydrogens is 469 g/mol. The van der Waals surface area contributed by atoms with Gasteiger partial charge >= 0.3 is 0 Å². The highest BCUT2D eigenvalue weighted by atomic mass is 127.